The van der Waals surface area contributed by atoms with Crippen molar-refractivity contribution >= 4 is 33.0 Å². The Bertz CT molecular complexity index is 1290. The SMILES string of the molecule is COc1ccc(S(=O)(=O)N(C)C)cc1NC(=O)c1sc(-c2ccc(C(F)(F)F)cc2)nc1C. The number of rotatable bonds is 6. The molecule has 3 aromatic rings. The molecular weight excluding hydrogens is 479 g/mol. The van der Waals surface area contributed by atoms with E-state index in [2.05, 4.69) is 10.3 Å². The smallest absolute Gasteiger partial charge is 0.416 e. The number of halogens is 3. The van der Waals surface area contributed by atoms with Crippen molar-refractivity contribution < 1.29 is 31.1 Å². The summed E-state index contributed by atoms with van der Waals surface area (Å²) in [5, 5.41) is 3.02. The Labute approximate surface area is 192 Å². The summed E-state index contributed by atoms with van der Waals surface area (Å²) in [7, 11) is 0.419. The Morgan fingerprint density at radius 2 is 1.76 bits per heavy atom. The summed E-state index contributed by atoms with van der Waals surface area (Å²) in [4.78, 5) is 17.4. The molecule has 2 aromatic carbocycles. The second kappa shape index (κ2) is 9.12. The van der Waals surface area contributed by atoms with Crippen LogP contribution in [0, 0.1) is 6.92 Å². The van der Waals surface area contributed by atoms with Crippen LogP contribution in [0.2, 0.25) is 0 Å². The van der Waals surface area contributed by atoms with E-state index >= 15 is 0 Å². The normalized spacial score (nSPS) is 12.1. The second-order valence-corrected chi connectivity index (χ2v) is 10.3. The number of amides is 1. The van der Waals surface area contributed by atoms with Gasteiger partial charge in [0.05, 0.1) is 29.0 Å². The number of thiazole rings is 1. The van der Waals surface area contributed by atoms with Crippen LogP contribution in [0.3, 0.4) is 0 Å². The van der Waals surface area contributed by atoms with E-state index in [0.717, 1.165) is 27.8 Å². The number of carbonyl (C=O) groups is 1. The molecule has 0 fully saturated rings. The third kappa shape index (κ3) is 5.18. The largest absolute Gasteiger partial charge is 0.495 e. The van der Waals surface area contributed by atoms with Crippen LogP contribution in [0.5, 0.6) is 5.75 Å². The van der Waals surface area contributed by atoms with Crippen LogP contribution in [-0.2, 0) is 16.2 Å². The average molecular weight is 500 g/mol. The van der Waals surface area contributed by atoms with Crippen LogP contribution in [-0.4, -0.2) is 44.8 Å². The number of hydrogen-bond acceptors (Lipinski definition) is 6. The first kappa shape index (κ1) is 24.7. The molecular formula is C21H20F3N3O4S2. The van der Waals surface area contributed by atoms with E-state index in [4.69, 9.17) is 4.74 Å². The number of benzene rings is 2. The topological polar surface area (TPSA) is 88.6 Å². The van der Waals surface area contributed by atoms with Crippen molar-refractivity contribution in [3.8, 4) is 16.3 Å². The van der Waals surface area contributed by atoms with Gasteiger partial charge in [-0.1, -0.05) is 12.1 Å². The first-order chi connectivity index (χ1) is 15.3. The Kier molecular flexibility index (Phi) is 6.82. The number of nitrogens with one attached hydrogen (secondary N) is 1. The second-order valence-electron chi connectivity index (χ2n) is 7.11. The lowest BCUT2D eigenvalue weighted by molar-refractivity contribution is -0.137. The van der Waals surface area contributed by atoms with Crippen molar-refractivity contribution in [1.82, 2.24) is 9.29 Å². The maximum Gasteiger partial charge on any atom is 0.416 e. The number of nitrogens with zero attached hydrogens (tertiary/aromatic N) is 2. The number of aromatic nitrogens is 1. The summed E-state index contributed by atoms with van der Waals surface area (Å²) in [5.74, 6) is -0.299. The lowest BCUT2D eigenvalue weighted by Gasteiger charge is -2.15. The summed E-state index contributed by atoms with van der Waals surface area (Å²) in [6.07, 6.45) is -4.45. The molecule has 1 heterocycles. The van der Waals surface area contributed by atoms with Gasteiger partial charge in [0.1, 0.15) is 15.6 Å². The van der Waals surface area contributed by atoms with Crippen molar-refractivity contribution in [2.75, 3.05) is 26.5 Å². The lowest BCUT2D eigenvalue weighted by atomic mass is 10.1. The highest BCUT2D eigenvalue weighted by Crippen LogP contribution is 2.34. The number of alkyl halides is 3. The highest BCUT2D eigenvalue weighted by Gasteiger charge is 2.30. The fraction of sp³-hybridized carbons (Fsp3) is 0.238. The number of aryl methyl sites for hydroxylation is 1. The molecule has 33 heavy (non-hydrogen) atoms. The average Bonchev–Trinajstić information content (AvgIpc) is 3.14. The molecule has 0 radical (unpaired) electrons. The van der Waals surface area contributed by atoms with E-state index in [-0.39, 0.29) is 21.2 Å². The number of hydrogen-bond donors (Lipinski definition) is 1. The van der Waals surface area contributed by atoms with E-state index in [1.807, 2.05) is 0 Å². The highest BCUT2D eigenvalue weighted by atomic mass is 32.2. The van der Waals surface area contributed by atoms with Crippen LogP contribution in [0.25, 0.3) is 10.6 Å². The zero-order chi connectivity index (χ0) is 24.6. The summed E-state index contributed by atoms with van der Waals surface area (Å²) in [6, 6.07) is 8.58. The Morgan fingerprint density at radius 3 is 2.30 bits per heavy atom. The van der Waals surface area contributed by atoms with Gasteiger partial charge in [-0.05, 0) is 37.3 Å². The minimum atomic E-state index is -4.45. The molecule has 0 bridgehead atoms. The van der Waals surface area contributed by atoms with Gasteiger partial charge in [-0.25, -0.2) is 17.7 Å². The predicted octanol–water partition coefficient (Wildman–Crippen LogP) is 4.65. The Balaban J connectivity index is 1.91. The van der Waals surface area contributed by atoms with Crippen LogP contribution in [0.15, 0.2) is 47.4 Å². The van der Waals surface area contributed by atoms with Gasteiger partial charge in [0.25, 0.3) is 5.91 Å². The van der Waals surface area contributed by atoms with E-state index < -0.39 is 27.7 Å². The molecule has 176 valence electrons. The summed E-state index contributed by atoms with van der Waals surface area (Å²) < 4.78 is 69.5. The standard InChI is InChI=1S/C21H20F3N3O4S2/c1-12-18(32-20(25-12)13-5-7-14(8-6-13)21(22,23)24)19(28)26-16-11-15(9-10-17(16)31-4)33(29,30)27(2)3/h5-11H,1-4H3,(H,26,28). The van der Waals surface area contributed by atoms with Gasteiger partial charge < -0.3 is 10.1 Å². The molecule has 12 heteroatoms. The molecule has 0 unspecified atom stereocenters. The number of ether oxygens (including phenoxy) is 1. The molecule has 0 aliphatic carbocycles. The number of methoxy groups -OCH3 is 1. The van der Waals surface area contributed by atoms with Crippen molar-refractivity contribution in [3.05, 3.63) is 58.6 Å². The Morgan fingerprint density at radius 1 is 1.12 bits per heavy atom. The van der Waals surface area contributed by atoms with E-state index in [1.54, 1.807) is 6.92 Å². The van der Waals surface area contributed by atoms with Crippen molar-refractivity contribution in [2.45, 2.75) is 18.0 Å². The minimum absolute atomic E-state index is 0.0323. The molecule has 3 rings (SSSR count). The van der Waals surface area contributed by atoms with Crippen molar-refractivity contribution in [2.24, 2.45) is 0 Å². The molecule has 0 aliphatic rings. The summed E-state index contributed by atoms with van der Waals surface area (Å²) in [5.41, 5.74) is 0.182. The summed E-state index contributed by atoms with van der Waals surface area (Å²) >= 11 is 1.01. The van der Waals surface area contributed by atoms with Gasteiger partial charge in [-0.3, -0.25) is 4.79 Å². The van der Waals surface area contributed by atoms with Crippen molar-refractivity contribution in [1.29, 1.82) is 0 Å². The quantitative estimate of drug-likeness (QED) is 0.534. The molecule has 0 spiro atoms. The summed E-state index contributed by atoms with van der Waals surface area (Å²) in [6.45, 7) is 1.60. The zero-order valence-corrected chi connectivity index (χ0v) is 19.7. The van der Waals surface area contributed by atoms with E-state index in [9.17, 15) is 26.4 Å². The molecule has 1 amide bonds. The molecule has 0 atom stereocenters. The number of anilines is 1. The van der Waals surface area contributed by atoms with Crippen LogP contribution < -0.4 is 10.1 Å². The molecule has 1 N–H and O–H groups in total. The Hall–Kier alpha value is -2.96. The molecule has 7 nitrogen and oxygen atoms in total. The fourth-order valence-corrected chi connectivity index (χ4v) is 4.76. The van der Waals surface area contributed by atoms with Gasteiger partial charge in [0.2, 0.25) is 10.0 Å². The number of carbonyl (C=O) groups excluding carboxylic acids is 1. The lowest BCUT2D eigenvalue weighted by Crippen LogP contribution is -2.22. The monoisotopic (exact) mass is 499 g/mol. The van der Waals surface area contributed by atoms with Crippen LogP contribution >= 0.6 is 11.3 Å². The predicted molar refractivity (Wildman–Crippen MR) is 119 cm³/mol. The molecule has 0 saturated heterocycles. The fourth-order valence-electron chi connectivity index (χ4n) is 2.87. The molecule has 0 saturated carbocycles. The third-order valence-corrected chi connectivity index (χ3v) is 7.68. The van der Waals surface area contributed by atoms with Gasteiger partial charge in [-0.2, -0.15) is 13.2 Å². The van der Waals surface area contributed by atoms with Gasteiger partial charge in [0.15, 0.2) is 0 Å². The third-order valence-electron chi connectivity index (χ3n) is 4.66. The van der Waals surface area contributed by atoms with E-state index in [0.29, 0.717) is 16.3 Å². The maximum atomic E-state index is 12.9. The van der Waals surface area contributed by atoms with Gasteiger partial charge in [0, 0.05) is 19.7 Å². The minimum Gasteiger partial charge on any atom is -0.495 e. The van der Waals surface area contributed by atoms with Crippen LogP contribution in [0.4, 0.5) is 18.9 Å². The zero-order valence-electron chi connectivity index (χ0n) is 18.0. The number of sulfonamides is 1. The van der Waals surface area contributed by atoms with Gasteiger partial charge >= 0.3 is 6.18 Å². The van der Waals surface area contributed by atoms with Crippen molar-refractivity contribution in [3.63, 3.8) is 0 Å². The first-order valence-corrected chi connectivity index (χ1v) is 11.7. The molecule has 1 aromatic heterocycles. The first-order valence-electron chi connectivity index (χ1n) is 9.41. The molecule has 0 aliphatic heterocycles. The van der Waals surface area contributed by atoms with Gasteiger partial charge in [-0.15, -0.1) is 11.3 Å². The highest BCUT2D eigenvalue weighted by molar-refractivity contribution is 7.89. The van der Waals surface area contributed by atoms with E-state index in [1.165, 1.54) is 51.5 Å². The maximum absolute atomic E-state index is 12.9. The van der Waals surface area contributed by atoms with Crippen LogP contribution in [0.1, 0.15) is 20.9 Å².